The standard InChI is InChI=1S/C14H22ClF2NO/c1-10(15)8-12-5-3-7-18(12)13(19)11-4-2-6-14(16,17)9-11/h10-12H,2-9H2,1H3. The van der Waals surface area contributed by atoms with Gasteiger partial charge in [-0.1, -0.05) is 0 Å². The van der Waals surface area contributed by atoms with E-state index in [4.69, 9.17) is 11.6 Å². The molecule has 5 heteroatoms. The molecule has 3 unspecified atom stereocenters. The summed E-state index contributed by atoms with van der Waals surface area (Å²) in [7, 11) is 0. The van der Waals surface area contributed by atoms with Gasteiger partial charge in [-0.25, -0.2) is 8.78 Å². The summed E-state index contributed by atoms with van der Waals surface area (Å²) in [5.74, 6) is -3.22. The zero-order chi connectivity index (χ0) is 14.0. The SMILES string of the molecule is CC(Cl)CC1CCCN1C(=O)C1CCCC(F)(F)C1. The molecule has 3 atom stereocenters. The molecule has 1 amide bonds. The number of hydrogen-bond donors (Lipinski definition) is 0. The highest BCUT2D eigenvalue weighted by Crippen LogP contribution is 2.38. The first kappa shape index (κ1) is 15.0. The third-order valence-electron chi connectivity index (χ3n) is 4.25. The Bertz CT molecular complexity index is 335. The Labute approximate surface area is 118 Å². The first-order valence-electron chi connectivity index (χ1n) is 7.21. The predicted molar refractivity (Wildman–Crippen MR) is 71.6 cm³/mol. The number of rotatable bonds is 3. The molecule has 0 radical (unpaired) electrons. The molecule has 0 aromatic carbocycles. The van der Waals surface area contributed by atoms with Gasteiger partial charge in [-0.15, -0.1) is 11.6 Å². The molecule has 0 N–H and O–H groups in total. The van der Waals surface area contributed by atoms with Gasteiger partial charge in [0.1, 0.15) is 0 Å². The molecule has 2 fully saturated rings. The lowest BCUT2D eigenvalue weighted by atomic mass is 9.85. The summed E-state index contributed by atoms with van der Waals surface area (Å²) < 4.78 is 26.8. The Balaban J connectivity index is 1.98. The topological polar surface area (TPSA) is 20.3 Å². The first-order valence-corrected chi connectivity index (χ1v) is 7.65. The molecular weight excluding hydrogens is 272 g/mol. The normalized spacial score (nSPS) is 32.3. The minimum atomic E-state index is -2.66. The van der Waals surface area contributed by atoms with Crippen LogP contribution in [0.15, 0.2) is 0 Å². The molecule has 2 nitrogen and oxygen atoms in total. The van der Waals surface area contributed by atoms with Crippen LogP contribution in [0.25, 0.3) is 0 Å². The quantitative estimate of drug-likeness (QED) is 0.724. The van der Waals surface area contributed by atoms with E-state index in [9.17, 15) is 13.6 Å². The van der Waals surface area contributed by atoms with Crippen molar-refractivity contribution in [1.82, 2.24) is 4.90 Å². The van der Waals surface area contributed by atoms with Gasteiger partial charge in [0.05, 0.1) is 0 Å². The van der Waals surface area contributed by atoms with Crippen molar-refractivity contribution in [3.63, 3.8) is 0 Å². The molecule has 2 aliphatic rings. The van der Waals surface area contributed by atoms with Crippen molar-refractivity contribution in [3.05, 3.63) is 0 Å². The van der Waals surface area contributed by atoms with E-state index in [1.807, 2.05) is 11.8 Å². The van der Waals surface area contributed by atoms with E-state index in [0.717, 1.165) is 19.3 Å². The minimum absolute atomic E-state index is 0.0196. The van der Waals surface area contributed by atoms with Gasteiger partial charge in [0.25, 0.3) is 0 Å². The third kappa shape index (κ3) is 3.80. The predicted octanol–water partition coefficient (Wildman–Crippen LogP) is 3.82. The van der Waals surface area contributed by atoms with Crippen molar-refractivity contribution >= 4 is 17.5 Å². The Morgan fingerprint density at radius 2 is 2.16 bits per heavy atom. The van der Waals surface area contributed by atoms with Crippen molar-refractivity contribution < 1.29 is 13.6 Å². The minimum Gasteiger partial charge on any atom is -0.339 e. The average Bonchev–Trinajstić information content (AvgIpc) is 2.74. The van der Waals surface area contributed by atoms with Gasteiger partial charge >= 0.3 is 0 Å². The molecule has 0 aromatic rings. The van der Waals surface area contributed by atoms with Crippen molar-refractivity contribution in [3.8, 4) is 0 Å². The Morgan fingerprint density at radius 3 is 2.79 bits per heavy atom. The second kappa shape index (κ2) is 5.94. The van der Waals surface area contributed by atoms with Gasteiger partial charge in [0.2, 0.25) is 11.8 Å². The van der Waals surface area contributed by atoms with Crippen LogP contribution >= 0.6 is 11.6 Å². The van der Waals surface area contributed by atoms with Crippen LogP contribution in [0.2, 0.25) is 0 Å². The van der Waals surface area contributed by atoms with E-state index in [2.05, 4.69) is 0 Å². The maximum absolute atomic E-state index is 13.4. The maximum Gasteiger partial charge on any atom is 0.248 e. The summed E-state index contributed by atoms with van der Waals surface area (Å²) in [5.41, 5.74) is 0. The smallest absolute Gasteiger partial charge is 0.248 e. The largest absolute Gasteiger partial charge is 0.339 e. The summed E-state index contributed by atoms with van der Waals surface area (Å²) in [4.78, 5) is 14.2. The molecule has 0 aromatic heterocycles. The number of alkyl halides is 3. The number of nitrogens with zero attached hydrogens (tertiary/aromatic N) is 1. The number of carbonyl (C=O) groups excluding carboxylic acids is 1. The maximum atomic E-state index is 13.4. The highest BCUT2D eigenvalue weighted by Gasteiger charge is 2.42. The molecule has 1 saturated heterocycles. The zero-order valence-corrected chi connectivity index (χ0v) is 12.1. The van der Waals surface area contributed by atoms with Gasteiger partial charge < -0.3 is 4.90 Å². The van der Waals surface area contributed by atoms with E-state index in [0.29, 0.717) is 19.4 Å². The Hall–Kier alpha value is -0.380. The van der Waals surface area contributed by atoms with Crippen LogP contribution in [0.1, 0.15) is 51.9 Å². The lowest BCUT2D eigenvalue weighted by Crippen LogP contribution is -2.43. The van der Waals surface area contributed by atoms with Crippen molar-refractivity contribution in [1.29, 1.82) is 0 Å². The summed E-state index contributed by atoms with van der Waals surface area (Å²) in [6.45, 7) is 2.62. The molecule has 110 valence electrons. The summed E-state index contributed by atoms with van der Waals surface area (Å²) in [5, 5.41) is 0.0196. The zero-order valence-electron chi connectivity index (χ0n) is 11.4. The number of halogens is 3. The second-order valence-electron chi connectivity index (χ2n) is 5.99. The second-order valence-corrected chi connectivity index (χ2v) is 6.74. The lowest BCUT2D eigenvalue weighted by Gasteiger charge is -2.33. The van der Waals surface area contributed by atoms with E-state index in [1.54, 1.807) is 0 Å². The average molecular weight is 294 g/mol. The van der Waals surface area contributed by atoms with E-state index >= 15 is 0 Å². The van der Waals surface area contributed by atoms with Gasteiger partial charge in [-0.2, -0.15) is 0 Å². The molecule has 1 aliphatic carbocycles. The number of amides is 1. The van der Waals surface area contributed by atoms with Crippen LogP contribution in [0.3, 0.4) is 0 Å². The van der Waals surface area contributed by atoms with Crippen LogP contribution in [-0.4, -0.2) is 34.7 Å². The van der Waals surface area contributed by atoms with Gasteiger partial charge in [-0.3, -0.25) is 4.79 Å². The van der Waals surface area contributed by atoms with Crippen LogP contribution < -0.4 is 0 Å². The highest BCUT2D eigenvalue weighted by molar-refractivity contribution is 6.20. The molecule has 0 bridgehead atoms. The van der Waals surface area contributed by atoms with E-state index < -0.39 is 11.8 Å². The monoisotopic (exact) mass is 293 g/mol. The Kier molecular flexibility index (Phi) is 4.70. The summed E-state index contributed by atoms with van der Waals surface area (Å²) in [6, 6.07) is 0.149. The number of carbonyl (C=O) groups is 1. The van der Waals surface area contributed by atoms with Crippen LogP contribution in [0.5, 0.6) is 0 Å². The highest BCUT2D eigenvalue weighted by atomic mass is 35.5. The fourth-order valence-corrected chi connectivity index (χ4v) is 3.57. The van der Waals surface area contributed by atoms with Gasteiger partial charge in [-0.05, 0) is 39.0 Å². The molecule has 2 rings (SSSR count). The Morgan fingerprint density at radius 1 is 1.42 bits per heavy atom. The van der Waals surface area contributed by atoms with Crippen molar-refractivity contribution in [2.75, 3.05) is 6.54 Å². The van der Waals surface area contributed by atoms with Crippen molar-refractivity contribution in [2.45, 2.75) is 69.2 Å². The lowest BCUT2D eigenvalue weighted by molar-refractivity contribution is -0.143. The van der Waals surface area contributed by atoms with E-state index in [1.165, 1.54) is 0 Å². The van der Waals surface area contributed by atoms with Crippen LogP contribution in [0.4, 0.5) is 8.78 Å². The van der Waals surface area contributed by atoms with Gasteiger partial charge in [0, 0.05) is 36.7 Å². The molecule has 0 spiro atoms. The number of hydrogen-bond acceptors (Lipinski definition) is 1. The first-order chi connectivity index (χ1) is 8.89. The van der Waals surface area contributed by atoms with Crippen LogP contribution in [0, 0.1) is 5.92 Å². The molecule has 1 heterocycles. The molecule has 1 saturated carbocycles. The molecule has 1 aliphatic heterocycles. The fraction of sp³-hybridized carbons (Fsp3) is 0.929. The summed E-state index contributed by atoms with van der Waals surface area (Å²) in [6.07, 6.45) is 3.39. The molecule has 19 heavy (non-hydrogen) atoms. The third-order valence-corrected chi connectivity index (χ3v) is 4.42. The fourth-order valence-electron chi connectivity index (χ4n) is 3.36. The van der Waals surface area contributed by atoms with Crippen LogP contribution in [-0.2, 0) is 4.79 Å². The number of likely N-dealkylation sites (tertiary alicyclic amines) is 1. The molecular formula is C14H22ClF2NO. The van der Waals surface area contributed by atoms with Gasteiger partial charge in [0.15, 0.2) is 0 Å². The summed E-state index contributed by atoms with van der Waals surface area (Å²) >= 11 is 6.00. The van der Waals surface area contributed by atoms with Crippen molar-refractivity contribution in [2.24, 2.45) is 5.92 Å². The van der Waals surface area contributed by atoms with E-state index in [-0.39, 0.29) is 30.2 Å².